The minimum Gasteiger partial charge on any atom is -0.462 e. The van der Waals surface area contributed by atoms with Crippen molar-refractivity contribution in [2.24, 2.45) is 0 Å². The van der Waals surface area contributed by atoms with Crippen molar-refractivity contribution in [3.05, 3.63) is 40.0 Å². The second kappa shape index (κ2) is 6.44. The summed E-state index contributed by atoms with van der Waals surface area (Å²) in [6.45, 7) is 5.16. The van der Waals surface area contributed by atoms with Crippen LogP contribution in [0.25, 0.3) is 0 Å². The SMILES string of the molecule is CCOC(=O)c1ccc(N2CCC[C@@H]2c2csc(C)n2)nc1. The highest BCUT2D eigenvalue weighted by molar-refractivity contribution is 7.09. The van der Waals surface area contributed by atoms with Crippen molar-refractivity contribution >= 4 is 23.1 Å². The van der Waals surface area contributed by atoms with Crippen LogP contribution in [0.1, 0.15) is 46.9 Å². The van der Waals surface area contributed by atoms with E-state index in [2.05, 4.69) is 20.2 Å². The average Bonchev–Trinajstić information content (AvgIpc) is 3.16. The molecular weight excluding hydrogens is 298 g/mol. The molecule has 116 valence electrons. The molecule has 1 atom stereocenters. The first-order valence-electron chi connectivity index (χ1n) is 7.51. The lowest BCUT2D eigenvalue weighted by Crippen LogP contribution is -2.24. The van der Waals surface area contributed by atoms with Gasteiger partial charge in [-0.1, -0.05) is 0 Å². The summed E-state index contributed by atoms with van der Waals surface area (Å²) in [5, 5.41) is 3.22. The van der Waals surface area contributed by atoms with Crippen molar-refractivity contribution in [3.63, 3.8) is 0 Å². The smallest absolute Gasteiger partial charge is 0.339 e. The molecule has 0 amide bonds. The third-order valence-corrected chi connectivity index (χ3v) is 4.58. The van der Waals surface area contributed by atoms with Crippen molar-refractivity contribution in [1.29, 1.82) is 0 Å². The zero-order chi connectivity index (χ0) is 15.5. The van der Waals surface area contributed by atoms with Gasteiger partial charge in [0, 0.05) is 18.1 Å². The van der Waals surface area contributed by atoms with Crippen LogP contribution in [0.3, 0.4) is 0 Å². The molecular formula is C16H19N3O2S. The topological polar surface area (TPSA) is 55.3 Å². The van der Waals surface area contributed by atoms with E-state index in [1.807, 2.05) is 13.0 Å². The lowest BCUT2D eigenvalue weighted by atomic mass is 10.1. The van der Waals surface area contributed by atoms with E-state index < -0.39 is 0 Å². The lowest BCUT2D eigenvalue weighted by Gasteiger charge is -2.24. The maximum Gasteiger partial charge on any atom is 0.339 e. The Hall–Kier alpha value is -1.95. The molecule has 5 nitrogen and oxygen atoms in total. The first-order chi connectivity index (χ1) is 10.7. The molecule has 0 N–H and O–H groups in total. The fourth-order valence-electron chi connectivity index (χ4n) is 2.77. The summed E-state index contributed by atoms with van der Waals surface area (Å²) in [6, 6.07) is 3.96. The van der Waals surface area contributed by atoms with E-state index in [0.29, 0.717) is 12.2 Å². The van der Waals surface area contributed by atoms with Gasteiger partial charge in [-0.3, -0.25) is 0 Å². The predicted molar refractivity (Wildman–Crippen MR) is 86.4 cm³/mol. The summed E-state index contributed by atoms with van der Waals surface area (Å²) in [4.78, 5) is 23.0. The number of carbonyl (C=O) groups is 1. The molecule has 0 unspecified atom stereocenters. The number of hydrogen-bond donors (Lipinski definition) is 0. The fourth-order valence-corrected chi connectivity index (χ4v) is 3.43. The molecule has 0 aliphatic carbocycles. The number of aryl methyl sites for hydroxylation is 1. The molecule has 2 aromatic rings. The fraction of sp³-hybridized carbons (Fsp3) is 0.438. The zero-order valence-corrected chi connectivity index (χ0v) is 13.6. The van der Waals surface area contributed by atoms with Crippen LogP contribution >= 0.6 is 11.3 Å². The largest absolute Gasteiger partial charge is 0.462 e. The first kappa shape index (κ1) is 15.0. The number of carbonyl (C=O) groups excluding carboxylic acids is 1. The third kappa shape index (κ3) is 2.97. The number of thiazole rings is 1. The maximum atomic E-state index is 11.7. The second-order valence-corrected chi connectivity index (χ2v) is 6.33. The molecule has 3 rings (SSSR count). The van der Waals surface area contributed by atoms with E-state index >= 15 is 0 Å². The van der Waals surface area contributed by atoms with Crippen LogP contribution in [0.15, 0.2) is 23.7 Å². The van der Waals surface area contributed by atoms with Gasteiger partial charge in [0.2, 0.25) is 0 Å². The van der Waals surface area contributed by atoms with Crippen molar-refractivity contribution in [1.82, 2.24) is 9.97 Å². The number of aromatic nitrogens is 2. The Morgan fingerprint density at radius 3 is 3.00 bits per heavy atom. The average molecular weight is 317 g/mol. The Bertz CT molecular complexity index is 654. The Morgan fingerprint density at radius 2 is 2.36 bits per heavy atom. The highest BCUT2D eigenvalue weighted by Gasteiger charge is 2.28. The molecule has 0 aromatic carbocycles. The summed E-state index contributed by atoms with van der Waals surface area (Å²) >= 11 is 1.68. The van der Waals surface area contributed by atoms with E-state index in [0.717, 1.165) is 35.9 Å². The number of esters is 1. The van der Waals surface area contributed by atoms with Crippen LogP contribution in [0.5, 0.6) is 0 Å². The van der Waals surface area contributed by atoms with Gasteiger partial charge in [0.05, 0.1) is 28.9 Å². The van der Waals surface area contributed by atoms with Crippen LogP contribution in [0, 0.1) is 6.92 Å². The molecule has 22 heavy (non-hydrogen) atoms. The zero-order valence-electron chi connectivity index (χ0n) is 12.8. The van der Waals surface area contributed by atoms with Crippen LogP contribution in [-0.2, 0) is 4.74 Å². The Balaban J connectivity index is 1.79. The lowest BCUT2D eigenvalue weighted by molar-refractivity contribution is 0.0526. The van der Waals surface area contributed by atoms with Crippen LogP contribution in [-0.4, -0.2) is 29.1 Å². The van der Waals surface area contributed by atoms with Gasteiger partial charge >= 0.3 is 5.97 Å². The number of nitrogens with zero attached hydrogens (tertiary/aromatic N) is 3. The number of pyridine rings is 1. The van der Waals surface area contributed by atoms with Crippen LogP contribution < -0.4 is 4.90 Å². The number of hydrogen-bond acceptors (Lipinski definition) is 6. The highest BCUT2D eigenvalue weighted by atomic mass is 32.1. The van der Waals surface area contributed by atoms with E-state index in [1.54, 1.807) is 30.5 Å². The number of rotatable bonds is 4. The summed E-state index contributed by atoms with van der Waals surface area (Å²) in [6.07, 6.45) is 3.81. The normalized spacial score (nSPS) is 17.7. The van der Waals surface area contributed by atoms with Gasteiger partial charge in [-0.25, -0.2) is 14.8 Å². The first-order valence-corrected chi connectivity index (χ1v) is 8.39. The standard InChI is InChI=1S/C16H19N3O2S/c1-3-21-16(20)12-6-7-15(17-9-12)19-8-4-5-14(19)13-10-22-11(2)18-13/h6-7,9-10,14H,3-5,8H2,1-2H3/t14-/m1/s1. The third-order valence-electron chi connectivity index (χ3n) is 3.78. The maximum absolute atomic E-state index is 11.7. The van der Waals surface area contributed by atoms with Crippen LogP contribution in [0.2, 0.25) is 0 Å². The quantitative estimate of drug-likeness (QED) is 0.809. The molecule has 1 saturated heterocycles. The molecule has 0 saturated carbocycles. The molecule has 1 aliphatic heterocycles. The molecule has 6 heteroatoms. The van der Waals surface area contributed by atoms with E-state index in [9.17, 15) is 4.79 Å². The minimum atomic E-state index is -0.324. The second-order valence-electron chi connectivity index (χ2n) is 5.27. The van der Waals surface area contributed by atoms with Gasteiger partial charge in [0.25, 0.3) is 0 Å². The van der Waals surface area contributed by atoms with Crippen molar-refractivity contribution in [2.45, 2.75) is 32.7 Å². The van der Waals surface area contributed by atoms with Gasteiger partial charge in [-0.15, -0.1) is 11.3 Å². The molecule has 3 heterocycles. The van der Waals surface area contributed by atoms with Gasteiger partial charge in [0.1, 0.15) is 5.82 Å². The monoisotopic (exact) mass is 317 g/mol. The molecule has 0 radical (unpaired) electrons. The summed E-state index contributed by atoms with van der Waals surface area (Å²) in [5.41, 5.74) is 1.61. The molecule has 2 aromatic heterocycles. The van der Waals surface area contributed by atoms with Crippen molar-refractivity contribution in [2.75, 3.05) is 18.1 Å². The molecule has 1 fully saturated rings. The number of ether oxygens (including phenoxy) is 1. The summed E-state index contributed by atoms with van der Waals surface area (Å²) in [7, 11) is 0. The Labute approximate surface area is 134 Å². The van der Waals surface area contributed by atoms with Crippen LogP contribution in [0.4, 0.5) is 5.82 Å². The summed E-state index contributed by atoms with van der Waals surface area (Å²) < 4.78 is 4.99. The van der Waals surface area contributed by atoms with Gasteiger partial charge < -0.3 is 9.64 Å². The van der Waals surface area contributed by atoms with Crippen molar-refractivity contribution < 1.29 is 9.53 Å². The number of anilines is 1. The minimum absolute atomic E-state index is 0.283. The van der Waals surface area contributed by atoms with E-state index in [1.165, 1.54) is 0 Å². The molecule has 0 spiro atoms. The summed E-state index contributed by atoms with van der Waals surface area (Å²) in [5.74, 6) is 0.566. The van der Waals surface area contributed by atoms with Crippen molar-refractivity contribution in [3.8, 4) is 0 Å². The van der Waals surface area contributed by atoms with E-state index in [-0.39, 0.29) is 12.0 Å². The predicted octanol–water partition coefficient (Wildman–Crippen LogP) is 3.36. The highest BCUT2D eigenvalue weighted by Crippen LogP contribution is 2.35. The van der Waals surface area contributed by atoms with Gasteiger partial charge in [-0.05, 0) is 38.8 Å². The Kier molecular flexibility index (Phi) is 4.38. The molecule has 0 bridgehead atoms. The molecule has 1 aliphatic rings. The van der Waals surface area contributed by atoms with Gasteiger partial charge in [-0.2, -0.15) is 0 Å². The Morgan fingerprint density at radius 1 is 1.50 bits per heavy atom. The van der Waals surface area contributed by atoms with Gasteiger partial charge in [0.15, 0.2) is 0 Å². The van der Waals surface area contributed by atoms with E-state index in [4.69, 9.17) is 4.74 Å².